The Morgan fingerprint density at radius 3 is 2.04 bits per heavy atom. The Morgan fingerprint density at radius 2 is 1.44 bits per heavy atom. The average Bonchev–Trinajstić information content (AvgIpc) is 3.96. The van der Waals surface area contributed by atoms with Crippen LogP contribution in [-0.2, 0) is 14.3 Å². The summed E-state index contributed by atoms with van der Waals surface area (Å²) >= 11 is 0. The van der Waals surface area contributed by atoms with E-state index in [1.54, 1.807) is 4.90 Å². The largest absolute Gasteiger partial charge is 0.453 e. The van der Waals surface area contributed by atoms with Gasteiger partial charge in [-0.1, -0.05) is 43.3 Å². The number of aliphatic hydroxyl groups excluding tert-OH is 1. The van der Waals surface area contributed by atoms with Crippen molar-refractivity contribution in [2.45, 2.75) is 82.1 Å². The topological polar surface area (TPSA) is 157 Å². The van der Waals surface area contributed by atoms with Gasteiger partial charge in [0.2, 0.25) is 5.91 Å². The Balaban J connectivity index is 0.994. The molecule has 3 fully saturated rings. The van der Waals surface area contributed by atoms with Gasteiger partial charge in [0.05, 0.1) is 41.3 Å². The van der Waals surface area contributed by atoms with E-state index in [0.717, 1.165) is 88.1 Å². The van der Waals surface area contributed by atoms with Crippen LogP contribution in [-0.4, -0.2) is 84.6 Å². The molecule has 5 heterocycles. The summed E-state index contributed by atoms with van der Waals surface area (Å²) in [7, 11) is 1.30. The lowest BCUT2D eigenvalue weighted by Gasteiger charge is -2.37. The quantitative estimate of drug-likeness (QED) is 0.171. The van der Waals surface area contributed by atoms with E-state index < -0.39 is 18.2 Å². The zero-order valence-corrected chi connectivity index (χ0v) is 28.2. The van der Waals surface area contributed by atoms with Crippen molar-refractivity contribution in [2.75, 3.05) is 13.7 Å². The van der Waals surface area contributed by atoms with Crippen molar-refractivity contribution in [1.82, 2.24) is 35.1 Å². The molecular formula is C38H41N7O5. The number of amides is 3. The maximum atomic E-state index is 13.4. The Morgan fingerprint density at radius 1 is 0.860 bits per heavy atom. The van der Waals surface area contributed by atoms with E-state index >= 15 is 0 Å². The van der Waals surface area contributed by atoms with Gasteiger partial charge in [-0.25, -0.2) is 14.8 Å². The van der Waals surface area contributed by atoms with Crippen LogP contribution >= 0.6 is 0 Å². The van der Waals surface area contributed by atoms with Crippen LogP contribution in [0.15, 0.2) is 60.7 Å². The lowest BCUT2D eigenvalue weighted by Crippen LogP contribution is -2.54. The summed E-state index contributed by atoms with van der Waals surface area (Å²) in [4.78, 5) is 58.3. The summed E-state index contributed by atoms with van der Waals surface area (Å²) in [6.07, 6.45) is 3.70. The number of ether oxygens (including phenoxy) is 1. The molecule has 2 aromatic heterocycles. The van der Waals surface area contributed by atoms with Crippen LogP contribution in [0.25, 0.3) is 44.3 Å². The van der Waals surface area contributed by atoms with Gasteiger partial charge >= 0.3 is 6.09 Å². The Labute approximate surface area is 289 Å². The molecule has 4 N–H and O–H groups in total. The smallest absolute Gasteiger partial charge is 0.407 e. The lowest BCUT2D eigenvalue weighted by molar-refractivity contribution is -0.141. The van der Waals surface area contributed by atoms with E-state index in [1.807, 2.05) is 24.0 Å². The first-order chi connectivity index (χ1) is 24.3. The molecule has 5 aromatic rings. The first kappa shape index (κ1) is 32.0. The number of carbonyl (C=O) groups excluding carboxylic acids is 3. The Bertz CT molecular complexity index is 2090. The van der Waals surface area contributed by atoms with E-state index in [2.05, 4.69) is 63.8 Å². The summed E-state index contributed by atoms with van der Waals surface area (Å²) in [6, 6.07) is 20.0. The second kappa shape index (κ2) is 12.9. The average molecular weight is 676 g/mol. The number of likely N-dealkylation sites (tertiary alicyclic amines) is 1. The van der Waals surface area contributed by atoms with Crippen LogP contribution in [0.3, 0.4) is 0 Å². The number of piperidine rings is 1. The van der Waals surface area contributed by atoms with Crippen molar-refractivity contribution in [3.8, 4) is 22.3 Å². The molecule has 3 aliphatic rings. The predicted molar refractivity (Wildman–Crippen MR) is 188 cm³/mol. The third-order valence-electron chi connectivity index (χ3n) is 10.7. The fraction of sp³-hybridized carbons (Fsp3) is 0.395. The van der Waals surface area contributed by atoms with E-state index in [4.69, 9.17) is 14.7 Å². The molecule has 258 valence electrons. The number of nitrogens with one attached hydrogen (secondary N) is 3. The van der Waals surface area contributed by atoms with Gasteiger partial charge in [-0.3, -0.25) is 9.59 Å². The molecule has 5 atom stereocenters. The highest BCUT2D eigenvalue weighted by molar-refractivity contribution is 5.88. The molecule has 3 aliphatic heterocycles. The number of rotatable bonds is 7. The van der Waals surface area contributed by atoms with Gasteiger partial charge in [-0.15, -0.1) is 0 Å². The number of hydrogen-bond acceptors (Lipinski definition) is 7. The first-order valence-electron chi connectivity index (χ1n) is 17.6. The number of aliphatic hydroxyl groups is 1. The molecule has 3 aromatic carbocycles. The predicted octanol–water partition coefficient (Wildman–Crippen LogP) is 5.76. The number of fused-ring (bicyclic) bond motifs is 3. The summed E-state index contributed by atoms with van der Waals surface area (Å²) in [5, 5.41) is 12.9. The van der Waals surface area contributed by atoms with Crippen molar-refractivity contribution >= 4 is 40.0 Å². The van der Waals surface area contributed by atoms with Crippen molar-refractivity contribution in [1.29, 1.82) is 0 Å². The van der Waals surface area contributed by atoms with Gasteiger partial charge in [-0.2, -0.15) is 0 Å². The summed E-state index contributed by atoms with van der Waals surface area (Å²) in [6.45, 7) is 2.44. The number of nitrogens with zero attached hydrogens (tertiary/aromatic N) is 4. The number of imidazole rings is 2. The van der Waals surface area contributed by atoms with Crippen LogP contribution in [0.1, 0.15) is 75.6 Å². The standard InChI is InChI=1S/C38H41N7O5/c1-3-33(46)37(48)44-18-4-5-31(44)34-39-26-14-10-23(19-29(26)41-34)21-6-8-22(9-7-21)24-11-15-27-30(20-24)42-35(40-27)32-17-13-25-12-16-28(36(47)45(25)32)43-38(49)50-2/h6-11,14-15,19-20,25,28,31-33,46H,3-5,12-13,16-18H2,1-2H3,(H,39,41)(H,40,42)(H,43,49)/t25-,28-,31-,32-,33+/m0/s1. The van der Waals surface area contributed by atoms with Gasteiger partial charge in [0.15, 0.2) is 0 Å². The third kappa shape index (κ3) is 5.67. The van der Waals surface area contributed by atoms with Gasteiger partial charge in [0, 0.05) is 12.6 Å². The maximum absolute atomic E-state index is 13.4. The number of methoxy groups -OCH3 is 1. The van der Waals surface area contributed by atoms with E-state index in [1.165, 1.54) is 7.11 Å². The van der Waals surface area contributed by atoms with E-state index in [0.29, 0.717) is 19.4 Å². The lowest BCUT2D eigenvalue weighted by atomic mass is 9.98. The van der Waals surface area contributed by atoms with Gasteiger partial charge in [0.25, 0.3) is 5.91 Å². The van der Waals surface area contributed by atoms with Crippen LogP contribution in [0.4, 0.5) is 4.79 Å². The molecule has 50 heavy (non-hydrogen) atoms. The normalized spacial score (nSPS) is 22.7. The van der Waals surface area contributed by atoms with Gasteiger partial charge < -0.3 is 34.9 Å². The molecule has 0 spiro atoms. The summed E-state index contributed by atoms with van der Waals surface area (Å²) in [5.74, 6) is 1.22. The minimum absolute atomic E-state index is 0.0809. The van der Waals surface area contributed by atoms with Gasteiger partial charge in [0.1, 0.15) is 23.8 Å². The third-order valence-corrected chi connectivity index (χ3v) is 10.7. The molecule has 0 unspecified atom stereocenters. The molecular weight excluding hydrogens is 634 g/mol. The zero-order valence-electron chi connectivity index (χ0n) is 28.2. The van der Waals surface area contributed by atoms with Crippen LogP contribution in [0.2, 0.25) is 0 Å². The zero-order chi connectivity index (χ0) is 34.5. The first-order valence-corrected chi connectivity index (χ1v) is 17.6. The van der Waals surface area contributed by atoms with E-state index in [9.17, 15) is 19.5 Å². The maximum Gasteiger partial charge on any atom is 0.407 e. The van der Waals surface area contributed by atoms with Crippen molar-refractivity contribution < 1.29 is 24.2 Å². The fourth-order valence-corrected chi connectivity index (χ4v) is 8.04. The highest BCUT2D eigenvalue weighted by Crippen LogP contribution is 2.41. The monoisotopic (exact) mass is 675 g/mol. The van der Waals surface area contributed by atoms with Crippen molar-refractivity contribution in [2.24, 2.45) is 0 Å². The molecule has 3 saturated heterocycles. The Kier molecular flexibility index (Phi) is 8.26. The second-order valence-corrected chi connectivity index (χ2v) is 13.7. The molecule has 0 saturated carbocycles. The van der Waals surface area contributed by atoms with Crippen LogP contribution in [0, 0.1) is 0 Å². The number of aromatic amines is 2. The summed E-state index contributed by atoms with van der Waals surface area (Å²) in [5.41, 5.74) is 7.76. The SMILES string of the molecule is CC[C@@H](O)C(=O)N1CCC[C@H]1c1nc2ccc(-c3ccc(-c4ccc5nc([C@@H]6CC[C@@H]7CC[C@H](NC(=O)OC)C(=O)N76)[nH]c5c4)cc3)cc2[nH]1. The molecule has 12 heteroatoms. The second-order valence-electron chi connectivity index (χ2n) is 13.7. The fourth-order valence-electron chi connectivity index (χ4n) is 8.04. The number of aromatic nitrogens is 4. The minimum Gasteiger partial charge on any atom is -0.453 e. The minimum atomic E-state index is -0.979. The molecule has 0 aliphatic carbocycles. The van der Waals surface area contributed by atoms with E-state index in [-0.39, 0.29) is 29.9 Å². The van der Waals surface area contributed by atoms with Crippen molar-refractivity contribution in [3.05, 3.63) is 72.3 Å². The van der Waals surface area contributed by atoms with Gasteiger partial charge in [-0.05, 0) is 91.5 Å². The number of H-pyrrole nitrogens is 2. The number of alkyl carbamates (subject to hydrolysis) is 1. The van der Waals surface area contributed by atoms with Crippen LogP contribution in [0.5, 0.6) is 0 Å². The van der Waals surface area contributed by atoms with Crippen LogP contribution < -0.4 is 5.32 Å². The Hall–Kier alpha value is -5.23. The number of carbonyl (C=O) groups is 3. The highest BCUT2D eigenvalue weighted by Gasteiger charge is 2.45. The van der Waals surface area contributed by atoms with Crippen molar-refractivity contribution in [3.63, 3.8) is 0 Å². The number of hydrogen-bond donors (Lipinski definition) is 4. The number of benzene rings is 3. The molecule has 12 nitrogen and oxygen atoms in total. The summed E-state index contributed by atoms with van der Waals surface area (Å²) < 4.78 is 4.73. The molecule has 3 amide bonds. The molecule has 0 bridgehead atoms. The highest BCUT2D eigenvalue weighted by atomic mass is 16.5. The molecule has 8 rings (SSSR count). The molecule has 0 radical (unpaired) electrons.